The molecule has 1 aromatic heterocycles. The lowest BCUT2D eigenvalue weighted by Gasteiger charge is -2.18. The third kappa shape index (κ3) is 3.96. The first-order chi connectivity index (χ1) is 13.4. The molecule has 2 aromatic rings. The topological polar surface area (TPSA) is 78.7 Å². The highest BCUT2D eigenvalue weighted by molar-refractivity contribution is 5.55. The maximum atomic E-state index is 13.0. The lowest BCUT2D eigenvalue weighted by Crippen LogP contribution is -2.30. The summed E-state index contributed by atoms with van der Waals surface area (Å²) in [7, 11) is 0. The fourth-order valence-electron chi connectivity index (χ4n) is 3.13. The van der Waals surface area contributed by atoms with Crippen LogP contribution in [0.4, 0.5) is 13.2 Å². The number of benzene rings is 1. The Kier molecular flexibility index (Phi) is 5.32. The molecule has 0 saturated heterocycles. The van der Waals surface area contributed by atoms with Crippen LogP contribution in [0.3, 0.4) is 0 Å². The molecule has 1 aromatic carbocycles. The summed E-state index contributed by atoms with van der Waals surface area (Å²) in [6.07, 6.45) is -2.78. The molecule has 1 saturated carbocycles. The molecule has 0 bridgehead atoms. The lowest BCUT2D eigenvalue weighted by molar-refractivity contribution is -0.137. The summed E-state index contributed by atoms with van der Waals surface area (Å²) < 4.78 is 39.1. The molecule has 142 valence electrons. The molecule has 5 nitrogen and oxygen atoms in total. The number of carbonyl (C=O) groups is 1. The zero-order valence-corrected chi connectivity index (χ0v) is 14.6. The molecular formula is C20H15F3N4O. The predicted molar refractivity (Wildman–Crippen MR) is 93.4 cm³/mol. The highest BCUT2D eigenvalue weighted by atomic mass is 19.4. The van der Waals surface area contributed by atoms with Crippen LogP contribution in [0.5, 0.6) is 0 Å². The van der Waals surface area contributed by atoms with Gasteiger partial charge in [0.15, 0.2) is 0 Å². The van der Waals surface area contributed by atoms with Gasteiger partial charge in [0.2, 0.25) is 6.41 Å². The first-order valence-corrected chi connectivity index (χ1v) is 8.49. The summed E-state index contributed by atoms with van der Waals surface area (Å²) in [4.78, 5) is 11.1. The van der Waals surface area contributed by atoms with E-state index in [1.54, 1.807) is 18.2 Å². The molecule has 28 heavy (non-hydrogen) atoms. The maximum absolute atomic E-state index is 13.0. The zero-order valence-electron chi connectivity index (χ0n) is 14.6. The number of rotatable bonds is 5. The average Bonchev–Trinajstić information content (AvgIpc) is 3.41. The molecule has 0 radical (unpaired) electrons. The van der Waals surface area contributed by atoms with E-state index in [9.17, 15) is 18.0 Å². The average molecular weight is 384 g/mol. The fraction of sp³-hybridized carbons (Fsp3) is 0.300. The van der Waals surface area contributed by atoms with Crippen molar-refractivity contribution < 1.29 is 18.0 Å². The van der Waals surface area contributed by atoms with Crippen molar-refractivity contribution in [3.63, 3.8) is 0 Å². The number of aromatic nitrogens is 2. The lowest BCUT2D eigenvalue weighted by atomic mass is 9.98. The number of nitrogens with zero attached hydrogens (tertiary/aromatic N) is 3. The van der Waals surface area contributed by atoms with Crippen LogP contribution in [-0.2, 0) is 16.5 Å². The first-order valence-electron chi connectivity index (χ1n) is 8.49. The number of hydrogen-bond acceptors (Lipinski definition) is 4. The van der Waals surface area contributed by atoms with Gasteiger partial charge in [0, 0.05) is 18.8 Å². The van der Waals surface area contributed by atoms with Gasteiger partial charge in [-0.1, -0.05) is 18.1 Å². The minimum atomic E-state index is -4.46. The van der Waals surface area contributed by atoms with Crippen LogP contribution in [0.25, 0.3) is 0 Å². The van der Waals surface area contributed by atoms with Crippen LogP contribution in [-0.4, -0.2) is 16.6 Å². The van der Waals surface area contributed by atoms with Gasteiger partial charge in [-0.25, -0.2) is 0 Å². The quantitative estimate of drug-likeness (QED) is 0.488. The molecule has 1 aliphatic carbocycles. The van der Waals surface area contributed by atoms with Gasteiger partial charge in [0.25, 0.3) is 0 Å². The van der Waals surface area contributed by atoms with E-state index >= 15 is 0 Å². The number of alkyl halides is 3. The highest BCUT2D eigenvalue weighted by Gasteiger charge is 2.57. The molecule has 1 aliphatic rings. The third-order valence-electron chi connectivity index (χ3n) is 4.60. The minimum Gasteiger partial charge on any atom is -0.348 e. The summed E-state index contributed by atoms with van der Waals surface area (Å²) in [6.45, 7) is 0. The van der Waals surface area contributed by atoms with Crippen molar-refractivity contribution in [2.75, 3.05) is 0 Å². The van der Waals surface area contributed by atoms with Gasteiger partial charge in [-0.3, -0.25) is 4.79 Å². The Morgan fingerprint density at radius 3 is 2.71 bits per heavy atom. The predicted octanol–water partition coefficient (Wildman–Crippen LogP) is 3.28. The number of nitriles is 1. The van der Waals surface area contributed by atoms with Gasteiger partial charge in [0.1, 0.15) is 5.69 Å². The normalized spacial score (nSPS) is 20.4. The molecule has 1 fully saturated rings. The van der Waals surface area contributed by atoms with E-state index in [2.05, 4.69) is 27.4 Å². The molecular weight excluding hydrogens is 369 g/mol. The largest absolute Gasteiger partial charge is 0.416 e. The van der Waals surface area contributed by atoms with Crippen LogP contribution >= 0.6 is 0 Å². The Balaban J connectivity index is 1.83. The van der Waals surface area contributed by atoms with E-state index in [0.717, 1.165) is 12.1 Å². The molecule has 1 N–H and O–H groups in total. The Morgan fingerprint density at radius 1 is 1.25 bits per heavy atom. The van der Waals surface area contributed by atoms with E-state index in [0.29, 0.717) is 42.6 Å². The third-order valence-corrected chi connectivity index (χ3v) is 4.60. The van der Waals surface area contributed by atoms with Crippen LogP contribution in [0.15, 0.2) is 36.4 Å². The standard InChI is InChI=1S/C20H15F3N4O/c21-20(22,23)15-6-4-5-14(11-15)19(25-13-28)12-17(19)18-9-8-16(26-27-18)7-2-1-3-10-24/h4-6,8-9,11,13,17H,1,3,12H2,(H,25,28). The molecule has 2 unspecified atom stereocenters. The highest BCUT2D eigenvalue weighted by Crippen LogP contribution is 2.58. The van der Waals surface area contributed by atoms with E-state index in [-0.39, 0.29) is 5.92 Å². The maximum Gasteiger partial charge on any atom is 0.416 e. The smallest absolute Gasteiger partial charge is 0.348 e. The monoisotopic (exact) mass is 384 g/mol. The Bertz CT molecular complexity index is 970. The molecule has 8 heteroatoms. The molecule has 0 spiro atoms. The van der Waals surface area contributed by atoms with Gasteiger partial charge in [-0.15, -0.1) is 5.10 Å². The summed E-state index contributed by atoms with van der Waals surface area (Å²) in [6, 6.07) is 10.3. The van der Waals surface area contributed by atoms with E-state index in [4.69, 9.17) is 5.26 Å². The van der Waals surface area contributed by atoms with Crippen molar-refractivity contribution in [3.05, 3.63) is 58.9 Å². The second-order valence-electron chi connectivity index (χ2n) is 6.37. The van der Waals surface area contributed by atoms with Crippen molar-refractivity contribution in [2.45, 2.75) is 36.9 Å². The molecule has 3 rings (SSSR count). The van der Waals surface area contributed by atoms with Crippen molar-refractivity contribution in [2.24, 2.45) is 0 Å². The van der Waals surface area contributed by atoms with Gasteiger partial charge in [-0.2, -0.15) is 23.5 Å². The second kappa shape index (κ2) is 7.69. The van der Waals surface area contributed by atoms with Crippen molar-refractivity contribution in [1.29, 1.82) is 5.26 Å². The number of carbonyl (C=O) groups excluding carboxylic acids is 1. The zero-order chi connectivity index (χ0) is 20.2. The van der Waals surface area contributed by atoms with Crippen molar-refractivity contribution >= 4 is 6.41 Å². The summed E-state index contributed by atoms with van der Waals surface area (Å²) in [5, 5.41) is 19.3. The molecule has 2 atom stereocenters. The van der Waals surface area contributed by atoms with Crippen molar-refractivity contribution in [3.8, 4) is 17.9 Å². The Hall–Kier alpha value is -3.39. The van der Waals surface area contributed by atoms with Crippen LogP contribution in [0, 0.1) is 23.2 Å². The molecule has 1 heterocycles. The summed E-state index contributed by atoms with van der Waals surface area (Å²) in [5.74, 6) is 5.32. The van der Waals surface area contributed by atoms with E-state index < -0.39 is 17.3 Å². The number of nitrogens with one attached hydrogen (secondary N) is 1. The Morgan fingerprint density at radius 2 is 2.07 bits per heavy atom. The molecule has 1 amide bonds. The number of amides is 1. The number of unbranched alkanes of at least 4 members (excludes halogenated alkanes) is 1. The van der Waals surface area contributed by atoms with Crippen LogP contribution < -0.4 is 5.32 Å². The van der Waals surface area contributed by atoms with Gasteiger partial charge < -0.3 is 5.32 Å². The second-order valence-corrected chi connectivity index (χ2v) is 6.37. The van der Waals surface area contributed by atoms with Gasteiger partial charge in [-0.05, 0) is 42.2 Å². The van der Waals surface area contributed by atoms with Gasteiger partial charge >= 0.3 is 6.18 Å². The summed E-state index contributed by atoms with van der Waals surface area (Å²) in [5.41, 5.74) is -0.319. The SMILES string of the molecule is N#CCCC#Cc1ccc(C2CC2(NC=O)c2cccc(C(F)(F)F)c2)nn1. The van der Waals surface area contributed by atoms with Gasteiger partial charge in [0.05, 0.1) is 22.9 Å². The van der Waals surface area contributed by atoms with E-state index in [1.165, 1.54) is 6.07 Å². The number of halogens is 3. The Labute approximate surface area is 159 Å². The summed E-state index contributed by atoms with van der Waals surface area (Å²) >= 11 is 0. The minimum absolute atomic E-state index is 0.283. The first kappa shape index (κ1) is 19.4. The number of hydrogen-bond donors (Lipinski definition) is 1. The molecule has 0 aliphatic heterocycles. The van der Waals surface area contributed by atoms with E-state index in [1.807, 2.05) is 6.07 Å². The van der Waals surface area contributed by atoms with Crippen LogP contribution in [0.2, 0.25) is 0 Å². The fourth-order valence-corrected chi connectivity index (χ4v) is 3.13. The van der Waals surface area contributed by atoms with Crippen molar-refractivity contribution in [1.82, 2.24) is 15.5 Å². The van der Waals surface area contributed by atoms with Crippen LogP contribution in [0.1, 0.15) is 47.7 Å².